The van der Waals surface area contributed by atoms with Crippen molar-refractivity contribution in [3.63, 3.8) is 0 Å². The van der Waals surface area contributed by atoms with Gasteiger partial charge in [0.2, 0.25) is 10.0 Å². The number of hydrogen-bond donors (Lipinski definition) is 0. The Morgan fingerprint density at radius 3 is 2.80 bits per heavy atom. The fourth-order valence-corrected chi connectivity index (χ4v) is 4.96. The summed E-state index contributed by atoms with van der Waals surface area (Å²) in [5.41, 5.74) is 0.355. The summed E-state index contributed by atoms with van der Waals surface area (Å²) in [7, 11) is 1.33. The topological polar surface area (TPSA) is 80.4 Å². The molecule has 0 N–H and O–H groups in total. The van der Waals surface area contributed by atoms with Gasteiger partial charge in [-0.2, -0.15) is 4.31 Å². The number of nitrogens with zero attached hydrogens (tertiary/aromatic N) is 5. The number of carbonyl (C=O) groups is 1. The average molecular weight is 365 g/mol. The van der Waals surface area contributed by atoms with Gasteiger partial charge in [0.25, 0.3) is 5.91 Å². The minimum absolute atomic E-state index is 0.104. The summed E-state index contributed by atoms with van der Waals surface area (Å²) in [6, 6.07) is 1.36. The van der Waals surface area contributed by atoms with E-state index in [1.54, 1.807) is 42.5 Å². The third-order valence-corrected chi connectivity index (χ3v) is 6.43. The second-order valence-corrected chi connectivity index (χ2v) is 8.43. The van der Waals surface area contributed by atoms with E-state index in [4.69, 9.17) is 0 Å². The molecule has 2 aromatic rings. The fraction of sp³-hybridized carbons (Fsp3) is 0.500. The van der Waals surface area contributed by atoms with Crippen LogP contribution in [0.3, 0.4) is 0 Å². The number of aromatic nitrogens is 3. The molecular weight excluding hydrogens is 342 g/mol. The summed E-state index contributed by atoms with van der Waals surface area (Å²) in [6.07, 6.45) is 8.37. The van der Waals surface area contributed by atoms with E-state index in [-0.39, 0.29) is 16.8 Å². The third-order valence-electron chi connectivity index (χ3n) is 4.52. The lowest BCUT2D eigenvalue weighted by Gasteiger charge is -2.23. The number of aryl methyl sites for hydroxylation is 1. The number of sulfonamides is 1. The maximum absolute atomic E-state index is 13.1. The minimum Gasteiger partial charge on any atom is -0.345 e. The van der Waals surface area contributed by atoms with Crippen LogP contribution >= 0.6 is 0 Å². The average Bonchev–Trinajstić information content (AvgIpc) is 3.27. The first kappa shape index (κ1) is 17.7. The Hall–Kier alpha value is -2.13. The molecular formula is C16H23N5O3S. The fourth-order valence-electron chi connectivity index (χ4n) is 3.20. The zero-order valence-corrected chi connectivity index (χ0v) is 15.5. The van der Waals surface area contributed by atoms with Gasteiger partial charge in [0.05, 0.1) is 6.33 Å². The largest absolute Gasteiger partial charge is 0.345 e. The number of hydrogen-bond acceptors (Lipinski definition) is 4. The Kier molecular flexibility index (Phi) is 4.70. The first-order chi connectivity index (χ1) is 11.8. The highest BCUT2D eigenvalue weighted by Gasteiger charge is 2.36. The first-order valence-corrected chi connectivity index (χ1v) is 9.60. The molecule has 9 heteroatoms. The molecule has 0 bridgehead atoms. The van der Waals surface area contributed by atoms with Gasteiger partial charge in [-0.1, -0.05) is 0 Å². The normalized spacial score (nSPS) is 18.6. The van der Waals surface area contributed by atoms with Crippen LogP contribution in [0.1, 0.15) is 23.3 Å². The Bertz CT molecular complexity index is 854. The van der Waals surface area contributed by atoms with Crippen molar-refractivity contribution in [1.29, 1.82) is 0 Å². The molecule has 3 heterocycles. The van der Waals surface area contributed by atoms with Crippen molar-refractivity contribution in [2.75, 3.05) is 20.6 Å². The van der Waals surface area contributed by atoms with Crippen molar-refractivity contribution in [3.8, 4) is 0 Å². The molecule has 136 valence electrons. The molecule has 0 saturated carbocycles. The monoisotopic (exact) mass is 365 g/mol. The lowest BCUT2D eigenvalue weighted by Crippen LogP contribution is -2.37. The summed E-state index contributed by atoms with van der Waals surface area (Å²) in [5.74, 6) is -0.222. The zero-order valence-electron chi connectivity index (χ0n) is 14.7. The predicted octanol–water partition coefficient (Wildman–Crippen LogP) is 0.777. The van der Waals surface area contributed by atoms with Crippen molar-refractivity contribution in [2.45, 2.75) is 30.3 Å². The van der Waals surface area contributed by atoms with Crippen LogP contribution in [-0.4, -0.2) is 64.3 Å². The molecule has 25 heavy (non-hydrogen) atoms. The molecule has 0 unspecified atom stereocenters. The summed E-state index contributed by atoms with van der Waals surface area (Å²) >= 11 is 0. The second kappa shape index (κ2) is 6.64. The molecule has 8 nitrogen and oxygen atoms in total. The zero-order chi connectivity index (χ0) is 18.2. The molecule has 1 aliphatic heterocycles. The summed E-state index contributed by atoms with van der Waals surface area (Å²) in [6.45, 7) is 1.07. The number of imidazole rings is 1. The summed E-state index contributed by atoms with van der Waals surface area (Å²) in [5, 5.41) is 0. The highest BCUT2D eigenvalue weighted by Crippen LogP contribution is 2.28. The van der Waals surface area contributed by atoms with E-state index in [2.05, 4.69) is 4.98 Å². The molecule has 3 rings (SSSR count). The van der Waals surface area contributed by atoms with E-state index in [0.717, 1.165) is 12.8 Å². The van der Waals surface area contributed by atoms with Crippen molar-refractivity contribution in [3.05, 3.63) is 36.7 Å². The van der Waals surface area contributed by atoms with Gasteiger partial charge in [-0.05, 0) is 18.9 Å². The van der Waals surface area contributed by atoms with Crippen LogP contribution in [0, 0.1) is 0 Å². The van der Waals surface area contributed by atoms with Crippen LogP contribution in [0.4, 0.5) is 0 Å². The predicted molar refractivity (Wildman–Crippen MR) is 92.6 cm³/mol. The van der Waals surface area contributed by atoms with Gasteiger partial charge < -0.3 is 14.0 Å². The Balaban J connectivity index is 1.88. The number of amides is 1. The SMILES string of the molecule is CN(C)C(=O)c1cc(S(=O)(=O)N2CCC[C@@H]2Cn2ccnc2)cn1C. The maximum atomic E-state index is 13.1. The number of rotatable bonds is 5. The first-order valence-electron chi connectivity index (χ1n) is 8.16. The van der Waals surface area contributed by atoms with E-state index in [0.29, 0.717) is 18.8 Å². The minimum atomic E-state index is -3.64. The lowest BCUT2D eigenvalue weighted by atomic mass is 10.2. The molecule has 0 radical (unpaired) electrons. The molecule has 0 spiro atoms. The van der Waals surface area contributed by atoms with Crippen LogP contribution in [0.25, 0.3) is 0 Å². The van der Waals surface area contributed by atoms with E-state index in [1.807, 2.05) is 10.8 Å². The smallest absolute Gasteiger partial charge is 0.269 e. The highest BCUT2D eigenvalue weighted by atomic mass is 32.2. The van der Waals surface area contributed by atoms with E-state index >= 15 is 0 Å². The van der Waals surface area contributed by atoms with Crippen LogP contribution in [0.5, 0.6) is 0 Å². The molecule has 1 atom stereocenters. The molecule has 1 amide bonds. The molecule has 1 fully saturated rings. The quantitative estimate of drug-likeness (QED) is 0.784. The van der Waals surface area contributed by atoms with E-state index in [1.165, 1.54) is 17.2 Å². The standard InChI is InChI=1S/C16H23N5O3S/c1-18(2)16(22)15-9-14(11-19(15)3)25(23,24)21-7-4-5-13(21)10-20-8-6-17-12-20/h6,8-9,11-13H,4-5,7,10H2,1-3H3/t13-/m1/s1. The van der Waals surface area contributed by atoms with Crippen LogP contribution in [0.2, 0.25) is 0 Å². The van der Waals surface area contributed by atoms with Gasteiger partial charge in [0, 0.05) is 58.9 Å². The van der Waals surface area contributed by atoms with Gasteiger partial charge >= 0.3 is 0 Å². The summed E-state index contributed by atoms with van der Waals surface area (Å²) in [4.78, 5) is 17.8. The van der Waals surface area contributed by atoms with Crippen LogP contribution in [-0.2, 0) is 23.6 Å². The van der Waals surface area contributed by atoms with Gasteiger partial charge in [-0.15, -0.1) is 0 Å². The molecule has 1 saturated heterocycles. The van der Waals surface area contributed by atoms with Crippen LogP contribution in [0.15, 0.2) is 35.9 Å². The van der Waals surface area contributed by atoms with E-state index in [9.17, 15) is 13.2 Å². The van der Waals surface area contributed by atoms with Gasteiger partial charge in [-0.3, -0.25) is 4.79 Å². The third kappa shape index (κ3) is 3.34. The van der Waals surface area contributed by atoms with Gasteiger partial charge in [-0.25, -0.2) is 13.4 Å². The van der Waals surface area contributed by atoms with Crippen molar-refractivity contribution in [2.24, 2.45) is 7.05 Å². The molecule has 0 aliphatic carbocycles. The van der Waals surface area contributed by atoms with Gasteiger partial charge in [0.1, 0.15) is 10.6 Å². The molecule has 0 aromatic carbocycles. The maximum Gasteiger partial charge on any atom is 0.269 e. The van der Waals surface area contributed by atoms with E-state index < -0.39 is 10.0 Å². The van der Waals surface area contributed by atoms with Crippen molar-refractivity contribution in [1.82, 2.24) is 23.3 Å². The van der Waals surface area contributed by atoms with Gasteiger partial charge in [0.15, 0.2) is 0 Å². The van der Waals surface area contributed by atoms with Crippen LogP contribution < -0.4 is 0 Å². The Morgan fingerprint density at radius 1 is 1.40 bits per heavy atom. The molecule has 2 aromatic heterocycles. The molecule has 1 aliphatic rings. The number of carbonyl (C=O) groups excluding carboxylic acids is 1. The Morgan fingerprint density at radius 2 is 2.16 bits per heavy atom. The second-order valence-electron chi connectivity index (χ2n) is 6.54. The lowest BCUT2D eigenvalue weighted by molar-refractivity contribution is 0.0818. The summed E-state index contributed by atoms with van der Waals surface area (Å²) < 4.78 is 31.2. The Labute approximate surface area is 147 Å². The highest BCUT2D eigenvalue weighted by molar-refractivity contribution is 7.89. The van der Waals surface area contributed by atoms with Crippen molar-refractivity contribution < 1.29 is 13.2 Å². The van der Waals surface area contributed by atoms with Crippen molar-refractivity contribution >= 4 is 15.9 Å².